The Kier molecular flexibility index (Phi) is 7.39. The Labute approximate surface area is 248 Å². The monoisotopic (exact) mass is 596 g/mol. The van der Waals surface area contributed by atoms with Crippen LogP contribution in [0.5, 0.6) is 0 Å². The van der Waals surface area contributed by atoms with Crippen LogP contribution in [0.1, 0.15) is 55.1 Å². The SMILES string of the molecule is CC(C1NC(C(=O)Nc2cccc(C(N)=O)c2)C(c2cccc(Cl)c2F)C12C(=O)Nc1cc(Cl)ccc12)C(C)(C)C. The minimum Gasteiger partial charge on any atom is -0.366 e. The summed E-state index contributed by atoms with van der Waals surface area (Å²) in [4.78, 5) is 40.2. The van der Waals surface area contributed by atoms with Crippen LogP contribution in [0.3, 0.4) is 0 Å². The molecule has 0 bridgehead atoms. The summed E-state index contributed by atoms with van der Waals surface area (Å²) in [5.74, 6) is -3.38. The van der Waals surface area contributed by atoms with Gasteiger partial charge in [0.05, 0.1) is 11.1 Å². The number of hydrogen-bond acceptors (Lipinski definition) is 4. The van der Waals surface area contributed by atoms with Crippen molar-refractivity contribution in [3.05, 3.63) is 93.2 Å². The van der Waals surface area contributed by atoms with Crippen LogP contribution in [0.25, 0.3) is 0 Å². The summed E-state index contributed by atoms with van der Waals surface area (Å²) in [6.07, 6.45) is 0. The third kappa shape index (κ3) is 4.78. The van der Waals surface area contributed by atoms with E-state index in [0.717, 1.165) is 0 Å². The van der Waals surface area contributed by atoms with Crippen molar-refractivity contribution < 1.29 is 18.8 Å². The molecule has 7 nitrogen and oxygen atoms in total. The molecule has 3 aromatic rings. The molecule has 2 aliphatic heterocycles. The van der Waals surface area contributed by atoms with Gasteiger partial charge in [-0.1, -0.05) is 75.2 Å². The van der Waals surface area contributed by atoms with Crippen LogP contribution >= 0.6 is 23.2 Å². The highest BCUT2D eigenvalue weighted by molar-refractivity contribution is 6.31. The number of hydrogen-bond donors (Lipinski definition) is 4. The zero-order chi connectivity index (χ0) is 29.9. The minimum absolute atomic E-state index is 0.118. The first-order valence-electron chi connectivity index (χ1n) is 13.3. The molecule has 5 unspecified atom stereocenters. The van der Waals surface area contributed by atoms with Crippen molar-refractivity contribution in [3.63, 3.8) is 0 Å². The Morgan fingerprint density at radius 3 is 2.46 bits per heavy atom. The van der Waals surface area contributed by atoms with Gasteiger partial charge in [0.25, 0.3) is 0 Å². The molecule has 1 fully saturated rings. The highest BCUT2D eigenvalue weighted by atomic mass is 35.5. The highest BCUT2D eigenvalue weighted by Gasteiger charge is 2.67. The molecule has 5 atom stereocenters. The number of carbonyl (C=O) groups excluding carboxylic acids is 3. The highest BCUT2D eigenvalue weighted by Crippen LogP contribution is 2.58. The van der Waals surface area contributed by atoms with Crippen LogP contribution in [0.4, 0.5) is 15.8 Å². The standard InChI is InChI=1S/C31H31Cl2FN4O3/c1-15(30(2,3)4)26-31(20-12-11-17(32)14-22(20)37-29(31)41)23(19-9-6-10-21(33)24(19)34)25(38-26)28(40)36-18-8-5-7-16(13-18)27(35)39/h5-15,23,25-26,38H,1-4H3,(H2,35,39)(H,36,40)(H,37,41). The van der Waals surface area contributed by atoms with Gasteiger partial charge < -0.3 is 21.7 Å². The van der Waals surface area contributed by atoms with Crippen molar-refractivity contribution in [2.24, 2.45) is 17.1 Å². The smallest absolute Gasteiger partial charge is 0.248 e. The van der Waals surface area contributed by atoms with Crippen LogP contribution in [-0.2, 0) is 15.0 Å². The maximum absolute atomic E-state index is 15.9. The first-order valence-corrected chi connectivity index (χ1v) is 14.0. The van der Waals surface area contributed by atoms with Gasteiger partial charge in [-0.25, -0.2) is 4.39 Å². The first-order chi connectivity index (χ1) is 19.3. The lowest BCUT2D eigenvalue weighted by Crippen LogP contribution is -2.53. The predicted octanol–water partition coefficient (Wildman–Crippen LogP) is 5.87. The second-order valence-corrected chi connectivity index (χ2v) is 12.7. The summed E-state index contributed by atoms with van der Waals surface area (Å²) in [7, 11) is 0. The summed E-state index contributed by atoms with van der Waals surface area (Å²) < 4.78 is 15.9. The average molecular weight is 598 g/mol. The Bertz CT molecular complexity index is 1570. The van der Waals surface area contributed by atoms with Gasteiger partial charge in [-0.05, 0) is 58.9 Å². The van der Waals surface area contributed by atoms with E-state index in [1.807, 2.05) is 6.92 Å². The Hall–Kier alpha value is -3.46. The van der Waals surface area contributed by atoms with Gasteiger partial charge in [0.2, 0.25) is 17.7 Å². The molecule has 0 radical (unpaired) electrons. The van der Waals surface area contributed by atoms with Crippen LogP contribution in [0, 0.1) is 17.2 Å². The van der Waals surface area contributed by atoms with Crippen molar-refractivity contribution in [2.75, 3.05) is 10.6 Å². The zero-order valence-electron chi connectivity index (χ0n) is 23.0. The van der Waals surface area contributed by atoms with Crippen molar-refractivity contribution in [2.45, 2.75) is 51.1 Å². The van der Waals surface area contributed by atoms with E-state index in [2.05, 4.69) is 36.7 Å². The molecule has 41 heavy (non-hydrogen) atoms. The Balaban J connectivity index is 1.74. The largest absolute Gasteiger partial charge is 0.366 e. The van der Waals surface area contributed by atoms with E-state index in [-0.39, 0.29) is 33.4 Å². The number of primary amides is 1. The molecular weight excluding hydrogens is 566 g/mol. The van der Waals surface area contributed by atoms with Gasteiger partial charge in [0, 0.05) is 33.9 Å². The van der Waals surface area contributed by atoms with Crippen LogP contribution < -0.4 is 21.7 Å². The lowest BCUT2D eigenvalue weighted by molar-refractivity contribution is -0.122. The third-order valence-electron chi connectivity index (χ3n) is 8.60. The van der Waals surface area contributed by atoms with E-state index < -0.39 is 41.0 Å². The predicted molar refractivity (Wildman–Crippen MR) is 159 cm³/mol. The van der Waals surface area contributed by atoms with E-state index >= 15 is 4.39 Å². The molecular formula is C31H31Cl2FN4O3. The number of fused-ring (bicyclic) bond motifs is 2. The fourth-order valence-corrected chi connectivity index (χ4v) is 6.60. The summed E-state index contributed by atoms with van der Waals surface area (Å²) in [5.41, 5.74) is 5.56. The number of anilines is 2. The molecule has 5 rings (SSSR count). The zero-order valence-corrected chi connectivity index (χ0v) is 24.5. The maximum Gasteiger partial charge on any atom is 0.248 e. The summed E-state index contributed by atoms with van der Waals surface area (Å²) in [5, 5.41) is 9.59. The third-order valence-corrected chi connectivity index (χ3v) is 9.13. The lowest BCUT2D eigenvalue weighted by atomic mass is 9.59. The summed E-state index contributed by atoms with van der Waals surface area (Å²) >= 11 is 12.6. The molecule has 3 amide bonds. The molecule has 5 N–H and O–H groups in total. The van der Waals surface area contributed by atoms with Crippen molar-refractivity contribution in [1.82, 2.24) is 5.32 Å². The molecule has 0 aliphatic carbocycles. The van der Waals surface area contributed by atoms with Gasteiger partial charge in [0.15, 0.2) is 0 Å². The molecule has 0 saturated carbocycles. The second kappa shape index (κ2) is 10.4. The molecule has 1 saturated heterocycles. The number of nitrogens with one attached hydrogen (secondary N) is 3. The quantitative estimate of drug-likeness (QED) is 0.295. The Morgan fingerprint density at radius 1 is 1.07 bits per heavy atom. The van der Waals surface area contributed by atoms with Crippen LogP contribution in [-0.4, -0.2) is 29.8 Å². The van der Waals surface area contributed by atoms with E-state index in [1.165, 1.54) is 18.2 Å². The number of nitrogens with two attached hydrogens (primary N) is 1. The first kappa shape index (κ1) is 29.0. The minimum atomic E-state index is -1.39. The van der Waals surface area contributed by atoms with E-state index in [0.29, 0.717) is 22.0 Å². The number of halogens is 3. The number of rotatable bonds is 5. The van der Waals surface area contributed by atoms with Crippen LogP contribution in [0.15, 0.2) is 60.7 Å². The molecule has 2 aliphatic rings. The second-order valence-electron chi connectivity index (χ2n) is 11.8. The number of amides is 3. The molecule has 214 valence electrons. The van der Waals surface area contributed by atoms with Gasteiger partial charge in [-0.2, -0.15) is 0 Å². The van der Waals surface area contributed by atoms with Gasteiger partial charge >= 0.3 is 0 Å². The fraction of sp³-hybridized carbons (Fsp3) is 0.323. The van der Waals surface area contributed by atoms with Gasteiger partial charge in [0.1, 0.15) is 11.2 Å². The van der Waals surface area contributed by atoms with Gasteiger partial charge in [-0.3, -0.25) is 14.4 Å². The fourth-order valence-electron chi connectivity index (χ4n) is 6.25. The van der Waals surface area contributed by atoms with Crippen LogP contribution in [0.2, 0.25) is 10.0 Å². The summed E-state index contributed by atoms with van der Waals surface area (Å²) in [6, 6.07) is 14.3. The number of benzene rings is 3. The molecule has 3 aromatic carbocycles. The Morgan fingerprint density at radius 2 is 1.78 bits per heavy atom. The van der Waals surface area contributed by atoms with E-state index in [4.69, 9.17) is 28.9 Å². The van der Waals surface area contributed by atoms with Gasteiger partial charge in [-0.15, -0.1) is 0 Å². The lowest BCUT2D eigenvalue weighted by Gasteiger charge is -2.42. The van der Waals surface area contributed by atoms with Crippen molar-refractivity contribution in [1.29, 1.82) is 0 Å². The topological polar surface area (TPSA) is 113 Å². The van der Waals surface area contributed by atoms with E-state index in [1.54, 1.807) is 42.5 Å². The maximum atomic E-state index is 15.9. The molecule has 1 spiro atoms. The normalized spacial score (nSPS) is 24.2. The van der Waals surface area contributed by atoms with Crippen molar-refractivity contribution >= 4 is 52.3 Å². The molecule has 0 aromatic heterocycles. The average Bonchev–Trinajstić information content (AvgIpc) is 3.40. The van der Waals surface area contributed by atoms with Crippen molar-refractivity contribution in [3.8, 4) is 0 Å². The van der Waals surface area contributed by atoms with E-state index in [9.17, 15) is 14.4 Å². The molecule has 2 heterocycles. The number of carbonyl (C=O) groups is 3. The molecule has 10 heteroatoms. The summed E-state index contributed by atoms with van der Waals surface area (Å²) in [6.45, 7) is 8.18.